The molecule has 0 aromatic heterocycles. The Morgan fingerprint density at radius 1 is 1.24 bits per heavy atom. The van der Waals surface area contributed by atoms with Crippen molar-refractivity contribution in [2.75, 3.05) is 0 Å². The van der Waals surface area contributed by atoms with Gasteiger partial charge >= 0.3 is 0 Å². The highest BCUT2D eigenvalue weighted by Gasteiger charge is 2.32. The van der Waals surface area contributed by atoms with Crippen LogP contribution in [-0.4, -0.2) is 19.9 Å². The van der Waals surface area contributed by atoms with Crippen LogP contribution in [0.3, 0.4) is 0 Å². The zero-order valence-corrected chi connectivity index (χ0v) is 14.3. The highest BCUT2D eigenvalue weighted by atomic mass is 35.7. The molecule has 116 valence electrons. The molecule has 1 N–H and O–H groups in total. The molecule has 1 fully saturated rings. The molecule has 0 spiro atoms. The van der Waals surface area contributed by atoms with E-state index in [1.165, 1.54) is 6.07 Å². The molecule has 0 radical (unpaired) electrons. The van der Waals surface area contributed by atoms with Crippen LogP contribution in [0.2, 0.25) is 10.0 Å². The largest absolute Gasteiger partial charge is 0.347 e. The summed E-state index contributed by atoms with van der Waals surface area (Å²) in [6.45, 7) is 1.95. The van der Waals surface area contributed by atoms with Crippen LogP contribution < -0.4 is 5.32 Å². The number of halogens is 3. The molecule has 1 aromatic carbocycles. The molecule has 1 aromatic rings. The van der Waals surface area contributed by atoms with Gasteiger partial charge < -0.3 is 5.32 Å². The van der Waals surface area contributed by atoms with Crippen LogP contribution >= 0.6 is 33.9 Å². The lowest BCUT2D eigenvalue weighted by molar-refractivity contribution is 0.0908. The predicted octanol–water partition coefficient (Wildman–Crippen LogP) is 3.98. The van der Waals surface area contributed by atoms with Crippen molar-refractivity contribution in [2.24, 2.45) is 0 Å². The molecule has 0 atom stereocenters. The first kappa shape index (κ1) is 16.9. The highest BCUT2D eigenvalue weighted by Crippen LogP contribution is 2.33. The molecular weight excluding hydrogens is 357 g/mol. The van der Waals surface area contributed by atoms with Crippen LogP contribution in [0, 0.1) is 0 Å². The zero-order chi connectivity index (χ0) is 15.8. The van der Waals surface area contributed by atoms with E-state index in [9.17, 15) is 13.2 Å². The molecule has 4 nitrogen and oxygen atoms in total. The van der Waals surface area contributed by atoms with E-state index in [1.807, 2.05) is 6.92 Å². The minimum absolute atomic E-state index is 0.0107. The molecule has 0 saturated heterocycles. The van der Waals surface area contributed by atoms with Gasteiger partial charge in [-0.15, -0.1) is 0 Å². The second kappa shape index (κ2) is 5.95. The van der Waals surface area contributed by atoms with Gasteiger partial charge in [-0.05, 0) is 31.9 Å². The normalized spacial score (nSPS) is 17.7. The fourth-order valence-electron chi connectivity index (χ4n) is 2.53. The first-order valence-electron chi connectivity index (χ1n) is 6.39. The van der Waals surface area contributed by atoms with Crippen molar-refractivity contribution in [1.82, 2.24) is 5.32 Å². The Bertz CT molecular complexity index is 682. The summed E-state index contributed by atoms with van der Waals surface area (Å²) in [4.78, 5) is 12.0. The second-order valence-corrected chi connectivity index (χ2v) is 8.77. The van der Waals surface area contributed by atoms with Crippen molar-refractivity contribution in [3.05, 3.63) is 27.7 Å². The second-order valence-electron chi connectivity index (χ2n) is 5.43. The molecule has 2 rings (SSSR count). The number of carbonyl (C=O) groups is 1. The van der Waals surface area contributed by atoms with Crippen molar-refractivity contribution < 1.29 is 13.2 Å². The van der Waals surface area contributed by atoms with E-state index in [0.29, 0.717) is 0 Å². The van der Waals surface area contributed by atoms with Crippen molar-refractivity contribution in [3.8, 4) is 0 Å². The van der Waals surface area contributed by atoms with Crippen molar-refractivity contribution in [3.63, 3.8) is 0 Å². The van der Waals surface area contributed by atoms with E-state index in [2.05, 4.69) is 5.32 Å². The number of carbonyl (C=O) groups excluding carboxylic acids is 1. The molecule has 0 aliphatic heterocycles. The predicted molar refractivity (Wildman–Crippen MR) is 83.8 cm³/mol. The lowest BCUT2D eigenvalue weighted by atomic mass is 10.00. The number of hydrogen-bond acceptors (Lipinski definition) is 3. The molecular formula is C13H14Cl3NO3S. The molecule has 0 unspecified atom stereocenters. The third-order valence-electron chi connectivity index (χ3n) is 3.63. The summed E-state index contributed by atoms with van der Waals surface area (Å²) < 4.78 is 23.0. The average molecular weight is 371 g/mol. The van der Waals surface area contributed by atoms with Gasteiger partial charge in [-0.1, -0.05) is 36.0 Å². The standard InChI is InChI=1S/C13H14Cl3NO3S/c1-13(4-2-3-5-13)17-12(18)9-6-8(14)7-10(11(9)15)21(16,19)20/h6-7H,2-5H2,1H3,(H,17,18). The minimum Gasteiger partial charge on any atom is -0.347 e. The highest BCUT2D eigenvalue weighted by molar-refractivity contribution is 8.13. The number of hydrogen-bond donors (Lipinski definition) is 1. The zero-order valence-electron chi connectivity index (χ0n) is 11.3. The number of nitrogens with one attached hydrogen (secondary N) is 1. The Hall–Kier alpha value is -0.490. The first-order chi connectivity index (χ1) is 9.62. The number of benzene rings is 1. The first-order valence-corrected chi connectivity index (χ1v) is 9.45. The molecule has 0 heterocycles. The van der Waals surface area contributed by atoms with E-state index in [0.717, 1.165) is 31.7 Å². The minimum atomic E-state index is -4.08. The lowest BCUT2D eigenvalue weighted by Crippen LogP contribution is -2.43. The lowest BCUT2D eigenvalue weighted by Gasteiger charge is -2.25. The van der Waals surface area contributed by atoms with Crippen molar-refractivity contribution in [1.29, 1.82) is 0 Å². The van der Waals surface area contributed by atoms with Crippen LogP contribution in [-0.2, 0) is 9.05 Å². The summed E-state index contributed by atoms with van der Waals surface area (Å²) in [5.41, 5.74) is -0.292. The summed E-state index contributed by atoms with van der Waals surface area (Å²) in [7, 11) is 1.23. The SMILES string of the molecule is CC1(NC(=O)c2cc(Cl)cc(S(=O)(=O)Cl)c2Cl)CCCC1. The van der Waals surface area contributed by atoms with E-state index >= 15 is 0 Å². The maximum atomic E-state index is 12.4. The Labute approximate surface area is 138 Å². The fourth-order valence-corrected chi connectivity index (χ4v) is 4.39. The summed E-state index contributed by atoms with van der Waals surface area (Å²) in [6.07, 6.45) is 3.83. The van der Waals surface area contributed by atoms with E-state index in [-0.39, 0.29) is 26.0 Å². The van der Waals surface area contributed by atoms with Gasteiger partial charge in [-0.25, -0.2) is 8.42 Å². The van der Waals surface area contributed by atoms with Crippen molar-refractivity contribution in [2.45, 2.75) is 43.0 Å². The van der Waals surface area contributed by atoms with Crippen LogP contribution in [0.15, 0.2) is 17.0 Å². The van der Waals surface area contributed by atoms with Crippen molar-refractivity contribution >= 4 is 48.8 Å². The Morgan fingerprint density at radius 3 is 2.33 bits per heavy atom. The van der Waals surface area contributed by atoms with Gasteiger partial charge in [0, 0.05) is 21.2 Å². The molecule has 0 bridgehead atoms. The van der Waals surface area contributed by atoms with Gasteiger partial charge in [0.2, 0.25) is 0 Å². The van der Waals surface area contributed by atoms with E-state index < -0.39 is 15.0 Å². The van der Waals surface area contributed by atoms with Crippen LogP contribution in [0.25, 0.3) is 0 Å². The number of rotatable bonds is 3. The molecule has 1 amide bonds. The topological polar surface area (TPSA) is 63.2 Å². The smallest absolute Gasteiger partial charge is 0.262 e. The van der Waals surface area contributed by atoms with Gasteiger partial charge in [0.25, 0.3) is 15.0 Å². The fraction of sp³-hybridized carbons (Fsp3) is 0.462. The molecule has 8 heteroatoms. The average Bonchev–Trinajstić information content (AvgIpc) is 2.76. The summed E-state index contributed by atoms with van der Waals surface area (Å²) >= 11 is 11.9. The monoisotopic (exact) mass is 369 g/mol. The summed E-state index contributed by atoms with van der Waals surface area (Å²) in [6, 6.07) is 2.46. The Kier molecular flexibility index (Phi) is 4.78. The Morgan fingerprint density at radius 2 is 1.81 bits per heavy atom. The third kappa shape index (κ3) is 3.83. The third-order valence-corrected chi connectivity index (χ3v) is 5.72. The van der Waals surface area contributed by atoms with Gasteiger partial charge in [-0.3, -0.25) is 4.79 Å². The molecule has 21 heavy (non-hydrogen) atoms. The van der Waals surface area contributed by atoms with Gasteiger partial charge in [0.05, 0.1) is 10.6 Å². The van der Waals surface area contributed by atoms with E-state index in [4.69, 9.17) is 33.9 Å². The van der Waals surface area contributed by atoms with Gasteiger partial charge in [0.1, 0.15) is 4.90 Å². The Balaban J connectivity index is 2.40. The van der Waals surface area contributed by atoms with Crippen LogP contribution in [0.1, 0.15) is 43.0 Å². The van der Waals surface area contributed by atoms with E-state index in [1.54, 1.807) is 0 Å². The van der Waals surface area contributed by atoms with Gasteiger partial charge in [0.15, 0.2) is 0 Å². The summed E-state index contributed by atoms with van der Waals surface area (Å²) in [5.74, 6) is -0.450. The molecule has 1 aliphatic rings. The van der Waals surface area contributed by atoms with Crippen LogP contribution in [0.5, 0.6) is 0 Å². The maximum absolute atomic E-state index is 12.4. The quantitative estimate of drug-likeness (QED) is 0.818. The maximum Gasteiger partial charge on any atom is 0.262 e. The number of amides is 1. The molecule has 1 saturated carbocycles. The summed E-state index contributed by atoms with van der Waals surface area (Å²) in [5, 5.41) is 2.77. The molecule has 1 aliphatic carbocycles. The van der Waals surface area contributed by atoms with Crippen LogP contribution in [0.4, 0.5) is 0 Å². The van der Waals surface area contributed by atoms with Gasteiger partial charge in [-0.2, -0.15) is 0 Å².